The van der Waals surface area contributed by atoms with Crippen LogP contribution in [0, 0.1) is 5.82 Å². The lowest BCUT2D eigenvalue weighted by atomic mass is 10.0. The Kier molecular flexibility index (Phi) is 2.52. The van der Waals surface area contributed by atoms with Gasteiger partial charge in [0.05, 0.1) is 6.04 Å². The molecule has 0 aromatic heterocycles. The molecule has 0 radical (unpaired) electrons. The number of hydrogen-bond donors (Lipinski definition) is 1. The highest BCUT2D eigenvalue weighted by atomic mass is 19.1. The average Bonchev–Trinajstić information content (AvgIpc) is 2.48. The van der Waals surface area contributed by atoms with Crippen molar-refractivity contribution in [3.05, 3.63) is 35.6 Å². The molecule has 2 unspecified atom stereocenters. The Labute approximate surface area is 83.5 Å². The van der Waals surface area contributed by atoms with Crippen LogP contribution in [-0.2, 0) is 0 Å². The summed E-state index contributed by atoms with van der Waals surface area (Å²) in [6.07, 6.45) is 0.940. The van der Waals surface area contributed by atoms with E-state index in [0.717, 1.165) is 18.5 Å². The third-order valence-corrected chi connectivity index (χ3v) is 2.92. The first kappa shape index (κ1) is 9.62. The van der Waals surface area contributed by atoms with Crippen molar-refractivity contribution < 1.29 is 4.39 Å². The lowest BCUT2D eigenvalue weighted by Gasteiger charge is -2.23. The summed E-state index contributed by atoms with van der Waals surface area (Å²) in [5.74, 6) is -0.151. The van der Waals surface area contributed by atoms with Gasteiger partial charge in [0, 0.05) is 18.2 Å². The van der Waals surface area contributed by atoms with Crippen molar-refractivity contribution in [3.8, 4) is 0 Å². The fraction of sp³-hybridized carbons (Fsp3) is 0.455. The molecule has 2 atom stereocenters. The van der Waals surface area contributed by atoms with Crippen LogP contribution in [0.5, 0.6) is 0 Å². The van der Waals surface area contributed by atoms with Crippen LogP contribution >= 0.6 is 0 Å². The molecule has 0 spiro atoms. The Balaban J connectivity index is 2.34. The van der Waals surface area contributed by atoms with Crippen LogP contribution in [0.15, 0.2) is 24.3 Å². The SMILES string of the molecule is CN1CCC(N)C1c1ccccc1F. The first-order chi connectivity index (χ1) is 6.70. The fourth-order valence-electron chi connectivity index (χ4n) is 2.16. The van der Waals surface area contributed by atoms with Crippen LogP contribution in [0.4, 0.5) is 4.39 Å². The van der Waals surface area contributed by atoms with Gasteiger partial charge >= 0.3 is 0 Å². The van der Waals surface area contributed by atoms with Crippen LogP contribution in [0.3, 0.4) is 0 Å². The second kappa shape index (κ2) is 3.67. The van der Waals surface area contributed by atoms with E-state index in [1.165, 1.54) is 6.07 Å². The van der Waals surface area contributed by atoms with E-state index in [2.05, 4.69) is 4.90 Å². The van der Waals surface area contributed by atoms with Gasteiger partial charge in [0.25, 0.3) is 0 Å². The van der Waals surface area contributed by atoms with E-state index in [1.54, 1.807) is 6.07 Å². The van der Waals surface area contributed by atoms with Gasteiger partial charge in [0.15, 0.2) is 0 Å². The van der Waals surface area contributed by atoms with Crippen LogP contribution in [0.2, 0.25) is 0 Å². The second-order valence-electron chi connectivity index (χ2n) is 3.90. The number of halogens is 1. The van der Waals surface area contributed by atoms with E-state index >= 15 is 0 Å². The molecule has 0 aliphatic carbocycles. The monoisotopic (exact) mass is 194 g/mol. The smallest absolute Gasteiger partial charge is 0.128 e. The summed E-state index contributed by atoms with van der Waals surface area (Å²) in [4.78, 5) is 2.11. The fourth-order valence-corrected chi connectivity index (χ4v) is 2.16. The van der Waals surface area contributed by atoms with E-state index < -0.39 is 0 Å². The van der Waals surface area contributed by atoms with Crippen molar-refractivity contribution in [2.24, 2.45) is 5.73 Å². The minimum Gasteiger partial charge on any atom is -0.326 e. The third-order valence-electron chi connectivity index (χ3n) is 2.92. The van der Waals surface area contributed by atoms with Crippen molar-refractivity contribution in [3.63, 3.8) is 0 Å². The minimum absolute atomic E-state index is 0.0381. The highest BCUT2D eigenvalue weighted by molar-refractivity contribution is 5.23. The van der Waals surface area contributed by atoms with Crippen LogP contribution in [-0.4, -0.2) is 24.5 Å². The molecule has 1 aliphatic heterocycles. The summed E-state index contributed by atoms with van der Waals surface area (Å²) in [5, 5.41) is 0. The molecule has 76 valence electrons. The zero-order chi connectivity index (χ0) is 10.1. The molecule has 1 saturated heterocycles. The number of benzene rings is 1. The summed E-state index contributed by atoms with van der Waals surface area (Å²) in [6, 6.07) is 6.97. The van der Waals surface area contributed by atoms with Gasteiger partial charge in [0.1, 0.15) is 5.82 Å². The molecule has 14 heavy (non-hydrogen) atoms. The largest absolute Gasteiger partial charge is 0.326 e. The molecule has 0 bridgehead atoms. The minimum atomic E-state index is -0.151. The summed E-state index contributed by atoms with van der Waals surface area (Å²) >= 11 is 0. The summed E-state index contributed by atoms with van der Waals surface area (Å²) in [6.45, 7) is 0.945. The molecule has 3 heteroatoms. The maximum absolute atomic E-state index is 13.5. The Morgan fingerprint density at radius 2 is 2.14 bits per heavy atom. The number of hydrogen-bond acceptors (Lipinski definition) is 2. The standard InChI is InChI=1S/C11H15FN2/c1-14-7-6-10(13)11(14)8-4-2-3-5-9(8)12/h2-5,10-11H,6-7,13H2,1H3. The number of nitrogens with two attached hydrogens (primary N) is 1. The molecule has 2 nitrogen and oxygen atoms in total. The summed E-state index contributed by atoms with van der Waals surface area (Å²) in [7, 11) is 1.99. The lowest BCUT2D eigenvalue weighted by molar-refractivity contribution is 0.296. The molecule has 1 aromatic carbocycles. The number of likely N-dealkylation sites (N-methyl/N-ethyl adjacent to an activating group) is 1. The van der Waals surface area contributed by atoms with Gasteiger partial charge in [0.2, 0.25) is 0 Å². The zero-order valence-electron chi connectivity index (χ0n) is 8.28. The highest BCUT2D eigenvalue weighted by Gasteiger charge is 2.31. The topological polar surface area (TPSA) is 29.3 Å². The number of rotatable bonds is 1. The Bertz CT molecular complexity index is 317. The van der Waals surface area contributed by atoms with E-state index in [9.17, 15) is 4.39 Å². The molecule has 2 rings (SSSR count). The normalized spacial score (nSPS) is 28.2. The molecule has 1 heterocycles. The van der Waals surface area contributed by atoms with Gasteiger partial charge in [-0.1, -0.05) is 18.2 Å². The maximum atomic E-state index is 13.5. The molecule has 0 amide bonds. The van der Waals surface area contributed by atoms with E-state index in [0.29, 0.717) is 0 Å². The van der Waals surface area contributed by atoms with Crippen molar-refractivity contribution in [1.29, 1.82) is 0 Å². The first-order valence-electron chi connectivity index (χ1n) is 4.90. The van der Waals surface area contributed by atoms with E-state index in [1.807, 2.05) is 19.2 Å². The summed E-state index contributed by atoms with van der Waals surface area (Å²) in [5.41, 5.74) is 6.68. The van der Waals surface area contributed by atoms with Gasteiger partial charge in [-0.2, -0.15) is 0 Å². The van der Waals surface area contributed by atoms with Crippen molar-refractivity contribution >= 4 is 0 Å². The second-order valence-corrected chi connectivity index (χ2v) is 3.90. The Hall–Kier alpha value is -0.930. The van der Waals surface area contributed by atoms with Crippen LogP contribution in [0.1, 0.15) is 18.0 Å². The van der Waals surface area contributed by atoms with Crippen molar-refractivity contribution in [2.45, 2.75) is 18.5 Å². The molecular weight excluding hydrogens is 179 g/mol. The van der Waals surface area contributed by atoms with Crippen LogP contribution in [0.25, 0.3) is 0 Å². The van der Waals surface area contributed by atoms with Gasteiger partial charge in [-0.3, -0.25) is 4.90 Å². The predicted molar refractivity (Wildman–Crippen MR) is 54.4 cm³/mol. The highest BCUT2D eigenvalue weighted by Crippen LogP contribution is 2.30. The van der Waals surface area contributed by atoms with Gasteiger partial charge in [-0.05, 0) is 19.5 Å². The van der Waals surface area contributed by atoms with E-state index in [4.69, 9.17) is 5.73 Å². The average molecular weight is 194 g/mol. The van der Waals surface area contributed by atoms with Crippen LogP contribution < -0.4 is 5.73 Å². The van der Waals surface area contributed by atoms with E-state index in [-0.39, 0.29) is 17.9 Å². The lowest BCUT2D eigenvalue weighted by Crippen LogP contribution is -2.30. The molecule has 2 N–H and O–H groups in total. The molecular formula is C11H15FN2. The zero-order valence-corrected chi connectivity index (χ0v) is 8.28. The van der Waals surface area contributed by atoms with Crippen molar-refractivity contribution in [2.75, 3.05) is 13.6 Å². The molecule has 1 aromatic rings. The van der Waals surface area contributed by atoms with Gasteiger partial charge < -0.3 is 5.73 Å². The first-order valence-corrected chi connectivity index (χ1v) is 4.90. The molecule has 1 fully saturated rings. The number of nitrogens with zero attached hydrogens (tertiary/aromatic N) is 1. The quantitative estimate of drug-likeness (QED) is 0.734. The van der Waals surface area contributed by atoms with Gasteiger partial charge in [-0.25, -0.2) is 4.39 Å². The maximum Gasteiger partial charge on any atom is 0.128 e. The number of likely N-dealkylation sites (tertiary alicyclic amines) is 1. The predicted octanol–water partition coefficient (Wildman–Crippen LogP) is 1.53. The van der Waals surface area contributed by atoms with Crippen molar-refractivity contribution in [1.82, 2.24) is 4.90 Å². The molecule has 0 saturated carbocycles. The Morgan fingerprint density at radius 1 is 1.43 bits per heavy atom. The van der Waals surface area contributed by atoms with Gasteiger partial charge in [-0.15, -0.1) is 0 Å². The Morgan fingerprint density at radius 3 is 2.71 bits per heavy atom. The third kappa shape index (κ3) is 1.53. The summed E-state index contributed by atoms with van der Waals surface area (Å²) < 4.78 is 13.5. The molecule has 1 aliphatic rings.